The van der Waals surface area contributed by atoms with Gasteiger partial charge in [0.2, 0.25) is 17.7 Å². The number of H-pyrrole nitrogens is 1. The predicted molar refractivity (Wildman–Crippen MR) is 143 cm³/mol. The fourth-order valence-corrected chi connectivity index (χ4v) is 3.67. The molecule has 1 aromatic rings. The lowest BCUT2D eigenvalue weighted by Gasteiger charge is -2.27. The van der Waals surface area contributed by atoms with Gasteiger partial charge in [0.05, 0.1) is 12.4 Å². The molecule has 214 valence electrons. The summed E-state index contributed by atoms with van der Waals surface area (Å²) >= 11 is 0. The second-order valence-corrected chi connectivity index (χ2v) is 9.80. The summed E-state index contributed by atoms with van der Waals surface area (Å²) in [7, 11) is 0. The monoisotopic (exact) mass is 537 g/mol. The number of aromatic amines is 1. The summed E-state index contributed by atoms with van der Waals surface area (Å²) < 4.78 is 0. The first-order valence-corrected chi connectivity index (χ1v) is 12.8. The number of imidazole rings is 1. The van der Waals surface area contributed by atoms with Crippen molar-refractivity contribution in [3.05, 3.63) is 18.2 Å². The maximum absolute atomic E-state index is 13.3. The average molecular weight is 538 g/mol. The van der Waals surface area contributed by atoms with Gasteiger partial charge < -0.3 is 43.2 Å². The molecule has 0 saturated carbocycles. The minimum absolute atomic E-state index is 0.0332. The molecule has 0 fully saturated rings. The van der Waals surface area contributed by atoms with E-state index in [1.165, 1.54) is 12.5 Å². The highest BCUT2D eigenvalue weighted by molar-refractivity contribution is 5.94. The Morgan fingerprint density at radius 1 is 1.05 bits per heavy atom. The third-order valence-electron chi connectivity index (χ3n) is 6.03. The smallest absolute Gasteiger partial charge is 0.326 e. The molecule has 38 heavy (non-hydrogen) atoms. The number of carbonyl (C=O) groups is 4. The van der Waals surface area contributed by atoms with E-state index in [-0.39, 0.29) is 24.2 Å². The third kappa shape index (κ3) is 11.6. The topological polar surface area (TPSA) is 244 Å². The van der Waals surface area contributed by atoms with Gasteiger partial charge in [-0.15, -0.1) is 0 Å². The lowest BCUT2D eigenvalue weighted by molar-refractivity contribution is -0.143. The van der Waals surface area contributed by atoms with Crippen molar-refractivity contribution in [1.29, 1.82) is 0 Å². The zero-order valence-corrected chi connectivity index (χ0v) is 22.6. The third-order valence-corrected chi connectivity index (χ3v) is 6.03. The van der Waals surface area contributed by atoms with Crippen LogP contribution in [0.15, 0.2) is 17.5 Å². The number of carboxylic acids is 1. The molecule has 3 amide bonds. The Bertz CT molecular complexity index is 932. The first-order valence-electron chi connectivity index (χ1n) is 12.8. The Morgan fingerprint density at radius 2 is 1.68 bits per heavy atom. The summed E-state index contributed by atoms with van der Waals surface area (Å²) in [6.45, 7) is 7.63. The van der Waals surface area contributed by atoms with Crippen LogP contribution in [0.5, 0.6) is 0 Å². The van der Waals surface area contributed by atoms with Crippen LogP contribution in [0.25, 0.3) is 0 Å². The van der Waals surface area contributed by atoms with E-state index < -0.39 is 47.9 Å². The van der Waals surface area contributed by atoms with Crippen LogP contribution in [0.4, 0.5) is 0 Å². The fourth-order valence-electron chi connectivity index (χ4n) is 3.67. The van der Waals surface area contributed by atoms with Crippen LogP contribution in [0.1, 0.15) is 59.1 Å². The quantitative estimate of drug-likeness (QED) is 0.0686. The van der Waals surface area contributed by atoms with Crippen molar-refractivity contribution >= 4 is 29.7 Å². The van der Waals surface area contributed by atoms with E-state index in [0.717, 1.165) is 0 Å². The van der Waals surface area contributed by atoms with E-state index in [4.69, 9.17) is 17.2 Å². The summed E-state index contributed by atoms with van der Waals surface area (Å²) in [5.74, 6) is -3.29. The SMILES string of the molecule is CCC(C)C(NC(=O)C(Cc1cnc[nH]1)NC(=O)C(CC(C)C)NC(=O)C(N)CCCN=C(N)N)C(=O)O. The van der Waals surface area contributed by atoms with Crippen molar-refractivity contribution in [2.24, 2.45) is 34.0 Å². The van der Waals surface area contributed by atoms with Gasteiger partial charge >= 0.3 is 5.97 Å². The molecule has 14 nitrogen and oxygen atoms in total. The normalized spacial score (nSPS) is 15.0. The first kappa shape index (κ1) is 32.3. The summed E-state index contributed by atoms with van der Waals surface area (Å²) in [5, 5.41) is 17.5. The number of aromatic nitrogens is 2. The number of amides is 3. The minimum atomic E-state index is -1.17. The van der Waals surface area contributed by atoms with Gasteiger partial charge in [-0.05, 0) is 31.1 Å². The van der Waals surface area contributed by atoms with E-state index in [1.54, 1.807) is 6.92 Å². The molecule has 0 radical (unpaired) electrons. The van der Waals surface area contributed by atoms with Crippen LogP contribution in [-0.4, -0.2) is 75.4 Å². The van der Waals surface area contributed by atoms with Gasteiger partial charge in [-0.25, -0.2) is 9.78 Å². The van der Waals surface area contributed by atoms with Crippen LogP contribution < -0.4 is 33.2 Å². The number of carbonyl (C=O) groups excluding carboxylic acids is 3. The highest BCUT2D eigenvalue weighted by Crippen LogP contribution is 2.11. The Labute approximate surface area is 223 Å². The average Bonchev–Trinajstić information content (AvgIpc) is 3.36. The van der Waals surface area contributed by atoms with Crippen LogP contribution in [0.2, 0.25) is 0 Å². The lowest BCUT2D eigenvalue weighted by atomic mass is 9.98. The van der Waals surface area contributed by atoms with Gasteiger partial charge in [-0.2, -0.15) is 0 Å². The molecule has 0 aliphatic rings. The molecular weight excluding hydrogens is 494 g/mol. The Hall–Kier alpha value is -3.68. The number of nitrogens with zero attached hydrogens (tertiary/aromatic N) is 2. The molecule has 0 saturated heterocycles. The number of carboxylic acid groups (broad SMARTS) is 1. The zero-order valence-electron chi connectivity index (χ0n) is 22.6. The summed E-state index contributed by atoms with van der Waals surface area (Å²) in [5.41, 5.74) is 17.1. The molecule has 5 unspecified atom stereocenters. The van der Waals surface area contributed by atoms with Crippen molar-refractivity contribution in [3.63, 3.8) is 0 Å². The van der Waals surface area contributed by atoms with Crippen molar-refractivity contribution in [2.45, 2.75) is 84.0 Å². The van der Waals surface area contributed by atoms with Crippen molar-refractivity contribution in [3.8, 4) is 0 Å². The molecule has 14 heteroatoms. The van der Waals surface area contributed by atoms with E-state index >= 15 is 0 Å². The van der Waals surface area contributed by atoms with Gasteiger partial charge in [-0.1, -0.05) is 34.1 Å². The molecule has 0 bridgehead atoms. The molecular formula is C24H43N9O5. The molecule has 0 spiro atoms. The molecule has 1 heterocycles. The molecule has 5 atom stereocenters. The zero-order chi connectivity index (χ0) is 28.8. The largest absolute Gasteiger partial charge is 0.480 e. The second kappa shape index (κ2) is 16.2. The van der Waals surface area contributed by atoms with Crippen LogP contribution >= 0.6 is 0 Å². The number of aliphatic imine (C=N–C) groups is 1. The number of hydrogen-bond acceptors (Lipinski definition) is 7. The standard InChI is InChI=1S/C24H43N9O5/c1-5-14(4)19(23(37)38)33-22(36)18(10-15-11-28-12-30-15)32-21(35)17(9-13(2)3)31-20(34)16(25)7-6-8-29-24(26)27/h11-14,16-19H,5-10,25H2,1-4H3,(H,28,30)(H,31,34)(H,32,35)(H,33,36)(H,37,38)(H4,26,27,29). The number of rotatable bonds is 17. The molecule has 0 aliphatic heterocycles. The van der Waals surface area contributed by atoms with Crippen molar-refractivity contribution in [1.82, 2.24) is 25.9 Å². The van der Waals surface area contributed by atoms with Crippen LogP contribution in [-0.2, 0) is 25.6 Å². The summed E-state index contributed by atoms with van der Waals surface area (Å²) in [6.07, 6.45) is 4.57. The van der Waals surface area contributed by atoms with Gasteiger partial charge in [0.25, 0.3) is 0 Å². The van der Waals surface area contributed by atoms with E-state index in [0.29, 0.717) is 37.9 Å². The molecule has 11 N–H and O–H groups in total. The van der Waals surface area contributed by atoms with Gasteiger partial charge in [-0.3, -0.25) is 19.4 Å². The number of nitrogens with two attached hydrogens (primary N) is 3. The second-order valence-electron chi connectivity index (χ2n) is 9.80. The Kier molecular flexibility index (Phi) is 13.8. The maximum atomic E-state index is 13.3. The predicted octanol–water partition coefficient (Wildman–Crippen LogP) is -1.04. The van der Waals surface area contributed by atoms with Crippen LogP contribution in [0, 0.1) is 11.8 Å². The molecule has 0 aliphatic carbocycles. The first-order chi connectivity index (χ1) is 17.8. The van der Waals surface area contributed by atoms with Crippen molar-refractivity contribution in [2.75, 3.05) is 6.54 Å². The maximum Gasteiger partial charge on any atom is 0.326 e. The molecule has 0 aromatic carbocycles. The van der Waals surface area contributed by atoms with Gasteiger partial charge in [0, 0.05) is 24.9 Å². The number of nitrogens with one attached hydrogen (secondary N) is 4. The van der Waals surface area contributed by atoms with E-state index in [1.807, 2.05) is 20.8 Å². The van der Waals surface area contributed by atoms with E-state index in [9.17, 15) is 24.3 Å². The minimum Gasteiger partial charge on any atom is -0.480 e. The van der Waals surface area contributed by atoms with E-state index in [2.05, 4.69) is 30.9 Å². The number of hydrogen-bond donors (Lipinski definition) is 8. The number of guanidine groups is 1. The van der Waals surface area contributed by atoms with Gasteiger partial charge in [0.1, 0.15) is 18.1 Å². The highest BCUT2D eigenvalue weighted by atomic mass is 16.4. The molecule has 1 aromatic heterocycles. The Morgan fingerprint density at radius 3 is 2.21 bits per heavy atom. The lowest BCUT2D eigenvalue weighted by Crippen LogP contribution is -2.58. The summed E-state index contributed by atoms with van der Waals surface area (Å²) in [6, 6.07) is -4.10. The highest BCUT2D eigenvalue weighted by Gasteiger charge is 2.32. The fraction of sp³-hybridized carbons (Fsp3) is 0.667. The van der Waals surface area contributed by atoms with Crippen molar-refractivity contribution < 1.29 is 24.3 Å². The number of aliphatic carboxylic acids is 1. The Balaban J connectivity index is 3.01. The van der Waals surface area contributed by atoms with Crippen LogP contribution in [0.3, 0.4) is 0 Å². The summed E-state index contributed by atoms with van der Waals surface area (Å²) in [4.78, 5) is 61.6. The van der Waals surface area contributed by atoms with Gasteiger partial charge in [0.15, 0.2) is 5.96 Å². The molecule has 1 rings (SSSR count).